The first-order valence-electron chi connectivity index (χ1n) is 28.2. The van der Waals surface area contributed by atoms with Crippen LogP contribution in [0.1, 0.15) is 271 Å². The number of carbonyl (C=O) groups is 2. The Morgan fingerprint density at radius 3 is 1.27 bits per heavy atom. The van der Waals surface area contributed by atoms with E-state index in [-0.39, 0.29) is 24.9 Å². The molecule has 0 saturated heterocycles. The van der Waals surface area contributed by atoms with Crippen molar-refractivity contribution in [3.63, 3.8) is 0 Å². The van der Waals surface area contributed by atoms with Crippen LogP contribution in [0.15, 0.2) is 72.9 Å². The maximum Gasteiger partial charge on any atom is 0.306 e. The fraction of sp³-hybridized carbons (Fsp3) is 0.767. The summed E-state index contributed by atoms with van der Waals surface area (Å²) in [7, 11) is 0. The zero-order valence-corrected chi connectivity index (χ0v) is 43.6. The molecule has 6 heteroatoms. The summed E-state index contributed by atoms with van der Waals surface area (Å²) >= 11 is 0. The number of amides is 1. The summed E-state index contributed by atoms with van der Waals surface area (Å²) in [6.45, 7) is 6.36. The minimum atomic E-state index is -0.816. The molecule has 3 unspecified atom stereocenters. The van der Waals surface area contributed by atoms with Crippen LogP contribution in [-0.2, 0) is 14.3 Å². The molecule has 3 atom stereocenters. The van der Waals surface area contributed by atoms with E-state index in [0.717, 1.165) is 77.0 Å². The lowest BCUT2D eigenvalue weighted by Crippen LogP contribution is -2.46. The lowest BCUT2D eigenvalue weighted by Gasteiger charge is -2.24. The van der Waals surface area contributed by atoms with Gasteiger partial charge in [-0.3, -0.25) is 9.59 Å². The van der Waals surface area contributed by atoms with Gasteiger partial charge in [-0.25, -0.2) is 0 Å². The number of hydrogen-bond acceptors (Lipinski definition) is 5. The third kappa shape index (κ3) is 47.8. The normalized spacial score (nSPS) is 13.7. The average molecular weight is 923 g/mol. The fourth-order valence-electron chi connectivity index (χ4n) is 8.27. The number of rotatable bonds is 50. The summed E-state index contributed by atoms with van der Waals surface area (Å²) in [5, 5.41) is 23.8. The molecule has 0 aliphatic carbocycles. The molecule has 382 valence electrons. The average Bonchev–Trinajstić information content (AvgIpc) is 3.31. The van der Waals surface area contributed by atoms with Crippen molar-refractivity contribution in [1.29, 1.82) is 0 Å². The second-order valence-corrected chi connectivity index (χ2v) is 19.0. The number of carbonyl (C=O) groups excluding carboxylic acids is 2. The number of ether oxygens (including phenoxy) is 1. The van der Waals surface area contributed by atoms with Gasteiger partial charge in [0.05, 0.1) is 25.2 Å². The smallest absolute Gasteiger partial charge is 0.306 e. The Balaban J connectivity index is 4.67. The first-order valence-corrected chi connectivity index (χ1v) is 28.2. The zero-order valence-electron chi connectivity index (χ0n) is 43.6. The van der Waals surface area contributed by atoms with Crippen molar-refractivity contribution in [1.82, 2.24) is 5.32 Å². The summed E-state index contributed by atoms with van der Waals surface area (Å²) in [5.74, 6) is -0.586. The van der Waals surface area contributed by atoms with E-state index >= 15 is 0 Å². The highest BCUT2D eigenvalue weighted by atomic mass is 16.5. The molecule has 6 nitrogen and oxygen atoms in total. The maximum absolute atomic E-state index is 13.2. The number of nitrogens with one attached hydrogen (secondary N) is 1. The third-order valence-electron chi connectivity index (χ3n) is 12.5. The van der Waals surface area contributed by atoms with E-state index in [1.165, 1.54) is 148 Å². The van der Waals surface area contributed by atoms with Gasteiger partial charge < -0.3 is 20.3 Å². The molecule has 0 rings (SSSR count). The largest absolute Gasteiger partial charge is 0.461 e. The van der Waals surface area contributed by atoms with Crippen LogP contribution in [0.3, 0.4) is 0 Å². The second-order valence-electron chi connectivity index (χ2n) is 19.0. The molecule has 66 heavy (non-hydrogen) atoms. The van der Waals surface area contributed by atoms with Gasteiger partial charge in [0.1, 0.15) is 6.10 Å². The van der Waals surface area contributed by atoms with Crippen molar-refractivity contribution in [3.8, 4) is 0 Å². The summed E-state index contributed by atoms with van der Waals surface area (Å²) in [6, 6.07) is -0.737. The van der Waals surface area contributed by atoms with Gasteiger partial charge in [-0.15, -0.1) is 0 Å². The Kier molecular flexibility index (Phi) is 51.1. The van der Waals surface area contributed by atoms with Crippen LogP contribution in [0.4, 0.5) is 0 Å². The molecule has 0 aromatic rings. The monoisotopic (exact) mass is 922 g/mol. The van der Waals surface area contributed by atoms with Crippen LogP contribution < -0.4 is 5.32 Å². The van der Waals surface area contributed by atoms with Crippen molar-refractivity contribution < 1.29 is 24.5 Å². The van der Waals surface area contributed by atoms with Gasteiger partial charge >= 0.3 is 5.97 Å². The first kappa shape index (κ1) is 63.3. The molecule has 0 aromatic carbocycles. The van der Waals surface area contributed by atoms with Gasteiger partial charge in [0.15, 0.2) is 0 Å². The van der Waals surface area contributed by atoms with E-state index in [4.69, 9.17) is 4.74 Å². The minimum Gasteiger partial charge on any atom is -0.461 e. The van der Waals surface area contributed by atoms with Crippen LogP contribution in [0.2, 0.25) is 0 Å². The van der Waals surface area contributed by atoms with Crippen molar-refractivity contribution in [3.05, 3.63) is 72.9 Å². The second kappa shape index (κ2) is 53.3. The number of aliphatic hydroxyl groups excluding tert-OH is 2. The Morgan fingerprint density at radius 1 is 0.470 bits per heavy atom. The van der Waals surface area contributed by atoms with Crippen LogP contribution in [0.25, 0.3) is 0 Å². The molecule has 0 radical (unpaired) electrons. The number of hydrogen-bond donors (Lipinski definition) is 3. The molecule has 0 aliphatic heterocycles. The third-order valence-corrected chi connectivity index (χ3v) is 12.5. The first-order chi connectivity index (χ1) is 32.5. The predicted octanol–water partition coefficient (Wildman–Crippen LogP) is 17.3. The van der Waals surface area contributed by atoms with E-state index in [2.05, 4.69) is 92.9 Å². The summed E-state index contributed by atoms with van der Waals surface area (Å²) < 4.78 is 5.88. The fourth-order valence-corrected chi connectivity index (χ4v) is 8.27. The molecule has 0 fully saturated rings. The van der Waals surface area contributed by atoms with E-state index in [9.17, 15) is 19.8 Å². The van der Waals surface area contributed by atoms with Crippen LogP contribution in [-0.4, -0.2) is 46.9 Å². The number of aliphatic hydroxyl groups is 2. The number of esters is 1. The standard InChI is InChI=1S/C60H107NO5/c1-4-7-10-13-16-19-22-25-28-31-34-37-40-43-46-49-52-58(63)57(55-62)61-59(64)54-56(51-48-45-42-39-36-33-30-27-24-21-18-15-12-9-6-3)66-60(65)53-50-47-44-41-38-35-32-29-26-23-20-17-14-11-8-5-2/h9,12,18,21,27,29-30,32,36,39,45,48,56-58,62-63H,4-8,10-11,13-17,19-20,22-26,28,31,33-35,37-38,40-44,46-47,49-55H2,1-3H3,(H,61,64)/b12-9-,21-18-,30-27-,32-29+,39-36-,48-45-. The van der Waals surface area contributed by atoms with Gasteiger partial charge in [0.25, 0.3) is 0 Å². The van der Waals surface area contributed by atoms with Gasteiger partial charge in [-0.1, -0.05) is 254 Å². The van der Waals surface area contributed by atoms with Crippen molar-refractivity contribution in [2.45, 2.75) is 289 Å². The SMILES string of the molecule is CC/C=C\C/C=C\C/C=C\C/C=C\C/C=C\CC(CC(=O)NC(CO)C(O)CCCCCCCCCCCCCCCCCC)OC(=O)CCCCCCC/C=C/CCCCCCCCC. The minimum absolute atomic E-state index is 0.00516. The van der Waals surface area contributed by atoms with Gasteiger partial charge in [0.2, 0.25) is 5.91 Å². The molecule has 0 aliphatic rings. The van der Waals surface area contributed by atoms with Crippen LogP contribution >= 0.6 is 0 Å². The van der Waals surface area contributed by atoms with Gasteiger partial charge in [-0.2, -0.15) is 0 Å². The maximum atomic E-state index is 13.2. The number of unbranched alkanes of at least 4 members (excludes halogenated alkanes) is 27. The van der Waals surface area contributed by atoms with Crippen molar-refractivity contribution in [2.75, 3.05) is 6.61 Å². The van der Waals surface area contributed by atoms with E-state index in [1.807, 2.05) is 6.08 Å². The van der Waals surface area contributed by atoms with Gasteiger partial charge in [0, 0.05) is 12.8 Å². The van der Waals surface area contributed by atoms with Crippen molar-refractivity contribution in [2.24, 2.45) is 0 Å². The Morgan fingerprint density at radius 2 is 0.848 bits per heavy atom. The molecule has 0 spiro atoms. The molecule has 3 N–H and O–H groups in total. The quantitative estimate of drug-likeness (QED) is 0.0321. The van der Waals surface area contributed by atoms with Crippen LogP contribution in [0.5, 0.6) is 0 Å². The molecular weight excluding hydrogens is 815 g/mol. The molecule has 0 saturated carbocycles. The highest BCUT2D eigenvalue weighted by Crippen LogP contribution is 2.17. The highest BCUT2D eigenvalue weighted by molar-refractivity contribution is 5.77. The van der Waals surface area contributed by atoms with E-state index in [0.29, 0.717) is 19.3 Å². The zero-order chi connectivity index (χ0) is 48.1. The molecule has 0 bridgehead atoms. The Bertz CT molecular complexity index is 1220. The lowest BCUT2D eigenvalue weighted by molar-refractivity contribution is -0.150. The Labute approximate surface area is 409 Å². The lowest BCUT2D eigenvalue weighted by atomic mass is 10.0. The molecule has 0 heterocycles. The topological polar surface area (TPSA) is 95.9 Å². The summed E-state index contributed by atoms with van der Waals surface area (Å²) in [5.41, 5.74) is 0. The molecular formula is C60H107NO5. The number of allylic oxidation sites excluding steroid dienone is 11. The van der Waals surface area contributed by atoms with Gasteiger partial charge in [-0.05, 0) is 70.6 Å². The highest BCUT2D eigenvalue weighted by Gasteiger charge is 2.23. The Hall–Kier alpha value is -2.70. The van der Waals surface area contributed by atoms with E-state index in [1.54, 1.807) is 0 Å². The molecule has 1 amide bonds. The molecule has 0 aromatic heterocycles. The summed E-state index contributed by atoms with van der Waals surface area (Å²) in [6.07, 6.45) is 68.4. The van der Waals surface area contributed by atoms with Crippen molar-refractivity contribution >= 4 is 11.9 Å². The van der Waals surface area contributed by atoms with Crippen LogP contribution in [0, 0.1) is 0 Å². The van der Waals surface area contributed by atoms with E-state index < -0.39 is 18.2 Å². The predicted molar refractivity (Wildman–Crippen MR) is 287 cm³/mol. The summed E-state index contributed by atoms with van der Waals surface area (Å²) in [4.78, 5) is 26.2.